The normalized spacial score (nSPS) is 10.7. The first-order valence-electron chi connectivity index (χ1n) is 8.72. The van der Waals surface area contributed by atoms with Gasteiger partial charge in [0.15, 0.2) is 12.4 Å². The Kier molecular flexibility index (Phi) is 6.33. The second kappa shape index (κ2) is 9.09. The van der Waals surface area contributed by atoms with Gasteiger partial charge in [0.1, 0.15) is 10.1 Å². The smallest absolute Gasteiger partial charge is 0.255 e. The Bertz CT molecular complexity index is 1180. The fourth-order valence-corrected chi connectivity index (χ4v) is 3.41. The molecule has 1 amide bonds. The summed E-state index contributed by atoms with van der Waals surface area (Å²) in [5.74, 6) is -0.312. The van der Waals surface area contributed by atoms with Gasteiger partial charge < -0.3 is 9.87 Å². The lowest BCUT2D eigenvalue weighted by Crippen LogP contribution is -2.12. The van der Waals surface area contributed by atoms with E-state index in [1.54, 1.807) is 48.5 Å². The monoisotopic (exact) mass is 406 g/mol. The van der Waals surface area contributed by atoms with E-state index in [9.17, 15) is 17.8 Å². The molecule has 0 aliphatic rings. The van der Waals surface area contributed by atoms with Crippen molar-refractivity contribution in [2.45, 2.75) is 4.90 Å². The maximum Gasteiger partial charge on any atom is 0.255 e. The van der Waals surface area contributed by atoms with E-state index < -0.39 is 10.1 Å². The Hall–Kier alpha value is -3.55. The zero-order chi connectivity index (χ0) is 20.7. The van der Waals surface area contributed by atoms with Gasteiger partial charge in [-0.2, -0.15) is 0 Å². The molecule has 0 fully saturated rings. The van der Waals surface area contributed by atoms with Crippen LogP contribution in [0, 0.1) is 0 Å². The largest absolute Gasteiger partial charge is 0.744 e. The summed E-state index contributed by atoms with van der Waals surface area (Å²) in [5.41, 5.74) is 0.930. The number of hydrogen-bond acceptors (Lipinski definition) is 4. The van der Waals surface area contributed by atoms with Gasteiger partial charge in [-0.1, -0.05) is 48.5 Å². The standard InChI is InChI=1S/C17H13NO4S.C5H5N/c19-17(12-6-2-1-3-7-12)18-15-10-11-16(23(20,21)22)14-9-5-4-8-13(14)15;1-2-4-6-5-3-1/h1-11H,(H,18,19)(H,20,21,22);1-5H. The maximum absolute atomic E-state index is 12.2. The number of hydrogen-bond donors (Lipinski definition) is 1. The topological polar surface area (TPSA) is 100 Å². The number of amides is 1. The van der Waals surface area contributed by atoms with Gasteiger partial charge >= 0.3 is 0 Å². The van der Waals surface area contributed by atoms with Crippen LogP contribution in [0.25, 0.3) is 10.8 Å². The number of carbonyl (C=O) groups is 1. The minimum atomic E-state index is -4.59. The summed E-state index contributed by atoms with van der Waals surface area (Å²) in [6, 6.07) is 23.7. The first-order chi connectivity index (χ1) is 14.0. The molecule has 3 aromatic carbocycles. The minimum Gasteiger partial charge on any atom is -0.744 e. The number of anilines is 1. The number of carbonyl (C=O) groups excluding carboxylic acids is 1. The summed E-state index contributed by atoms with van der Waals surface area (Å²) >= 11 is 0. The molecule has 0 bridgehead atoms. The van der Waals surface area contributed by atoms with Crippen molar-refractivity contribution in [2.24, 2.45) is 0 Å². The fourth-order valence-electron chi connectivity index (χ4n) is 2.72. The summed E-state index contributed by atoms with van der Waals surface area (Å²) in [5, 5.41) is 3.52. The van der Waals surface area contributed by atoms with Gasteiger partial charge in [0.2, 0.25) is 0 Å². The van der Waals surface area contributed by atoms with Crippen molar-refractivity contribution >= 4 is 32.5 Å². The molecule has 2 N–H and O–H groups in total. The molecule has 0 unspecified atom stereocenters. The molecule has 0 atom stereocenters. The molecule has 0 saturated carbocycles. The average Bonchev–Trinajstić information content (AvgIpc) is 2.75. The molecular weight excluding hydrogens is 388 g/mol. The second-order valence-electron chi connectivity index (χ2n) is 6.01. The third kappa shape index (κ3) is 5.25. The number of nitrogens with one attached hydrogen (secondary N) is 2. The highest BCUT2D eigenvalue weighted by Gasteiger charge is 2.12. The molecule has 0 spiro atoms. The molecule has 0 saturated heterocycles. The molecule has 29 heavy (non-hydrogen) atoms. The van der Waals surface area contributed by atoms with Crippen LogP contribution in [0.4, 0.5) is 5.69 Å². The molecule has 0 aliphatic heterocycles. The number of H-pyrrole nitrogens is 1. The third-order valence-electron chi connectivity index (χ3n) is 4.04. The third-order valence-corrected chi connectivity index (χ3v) is 4.94. The molecule has 0 aliphatic carbocycles. The summed E-state index contributed by atoms with van der Waals surface area (Å²) in [7, 11) is -4.59. The molecule has 7 heteroatoms. The van der Waals surface area contributed by atoms with Crippen LogP contribution in [0.3, 0.4) is 0 Å². The molecule has 0 radical (unpaired) electrons. The number of pyridine rings is 1. The zero-order valence-corrected chi connectivity index (χ0v) is 16.1. The highest BCUT2D eigenvalue weighted by Crippen LogP contribution is 2.29. The van der Waals surface area contributed by atoms with Crippen molar-refractivity contribution in [1.29, 1.82) is 0 Å². The molecule has 4 rings (SSSR count). The van der Waals surface area contributed by atoms with Crippen LogP contribution in [0.1, 0.15) is 10.4 Å². The molecular formula is C22H18N2O4S. The second-order valence-corrected chi connectivity index (χ2v) is 7.36. The van der Waals surface area contributed by atoms with Crippen molar-refractivity contribution in [1.82, 2.24) is 0 Å². The van der Waals surface area contributed by atoms with E-state index in [4.69, 9.17) is 0 Å². The average molecular weight is 406 g/mol. The van der Waals surface area contributed by atoms with Crippen molar-refractivity contribution in [2.75, 3.05) is 5.32 Å². The van der Waals surface area contributed by atoms with E-state index in [0.717, 1.165) is 0 Å². The van der Waals surface area contributed by atoms with Gasteiger partial charge in [-0.25, -0.2) is 13.4 Å². The van der Waals surface area contributed by atoms with Crippen molar-refractivity contribution in [3.63, 3.8) is 0 Å². The van der Waals surface area contributed by atoms with Crippen molar-refractivity contribution in [3.05, 3.63) is 103 Å². The van der Waals surface area contributed by atoms with Gasteiger partial charge in [0.05, 0.1) is 4.90 Å². The van der Waals surface area contributed by atoms with Crippen LogP contribution in [-0.4, -0.2) is 18.9 Å². The lowest BCUT2D eigenvalue weighted by molar-refractivity contribution is -0.377. The SMILES string of the molecule is O=C(Nc1ccc(S(=O)(=O)[O-])c2ccccc12)c1ccccc1.c1cc[nH+]cc1. The van der Waals surface area contributed by atoms with E-state index in [-0.39, 0.29) is 16.2 Å². The number of aromatic nitrogens is 1. The summed E-state index contributed by atoms with van der Waals surface area (Å²) in [6.07, 6.45) is 3.75. The van der Waals surface area contributed by atoms with Gasteiger partial charge in [-0.15, -0.1) is 0 Å². The zero-order valence-electron chi connectivity index (χ0n) is 15.3. The maximum atomic E-state index is 12.2. The van der Waals surface area contributed by atoms with E-state index in [2.05, 4.69) is 10.3 Å². The Morgan fingerprint density at radius 3 is 1.90 bits per heavy atom. The van der Waals surface area contributed by atoms with E-state index in [1.165, 1.54) is 18.2 Å². The van der Waals surface area contributed by atoms with Crippen LogP contribution in [-0.2, 0) is 10.1 Å². The van der Waals surface area contributed by atoms with E-state index in [1.807, 2.05) is 30.6 Å². The number of fused-ring (bicyclic) bond motifs is 1. The number of rotatable bonds is 3. The molecule has 1 aromatic heterocycles. The van der Waals surface area contributed by atoms with Gasteiger partial charge in [0, 0.05) is 34.2 Å². The van der Waals surface area contributed by atoms with Crippen LogP contribution >= 0.6 is 0 Å². The van der Waals surface area contributed by atoms with Crippen LogP contribution < -0.4 is 10.3 Å². The van der Waals surface area contributed by atoms with Crippen molar-refractivity contribution < 1.29 is 22.7 Å². The van der Waals surface area contributed by atoms with Crippen LogP contribution in [0.5, 0.6) is 0 Å². The fraction of sp³-hybridized carbons (Fsp3) is 0. The quantitative estimate of drug-likeness (QED) is 0.526. The van der Waals surface area contributed by atoms with Crippen LogP contribution in [0.2, 0.25) is 0 Å². The summed E-state index contributed by atoms with van der Waals surface area (Å²) in [6.45, 7) is 0. The lowest BCUT2D eigenvalue weighted by atomic mass is 10.1. The molecule has 6 nitrogen and oxygen atoms in total. The van der Waals surface area contributed by atoms with Gasteiger partial charge in [0.25, 0.3) is 5.91 Å². The Labute approximate surface area is 168 Å². The number of benzene rings is 3. The first kappa shape index (κ1) is 20.2. The predicted molar refractivity (Wildman–Crippen MR) is 109 cm³/mol. The van der Waals surface area contributed by atoms with Gasteiger partial charge in [-0.05, 0) is 24.3 Å². The highest BCUT2D eigenvalue weighted by atomic mass is 32.2. The predicted octanol–water partition coefficient (Wildman–Crippen LogP) is 3.50. The van der Waals surface area contributed by atoms with Gasteiger partial charge in [-0.3, -0.25) is 4.79 Å². The Morgan fingerprint density at radius 2 is 1.34 bits per heavy atom. The van der Waals surface area contributed by atoms with Crippen LogP contribution in [0.15, 0.2) is 102 Å². The lowest BCUT2D eigenvalue weighted by Gasteiger charge is -2.14. The first-order valence-corrected chi connectivity index (χ1v) is 10.1. The Balaban J connectivity index is 0.000000343. The molecule has 4 aromatic rings. The van der Waals surface area contributed by atoms with Crippen molar-refractivity contribution in [3.8, 4) is 0 Å². The molecule has 146 valence electrons. The summed E-state index contributed by atoms with van der Waals surface area (Å²) < 4.78 is 34.1. The van der Waals surface area contributed by atoms with E-state index in [0.29, 0.717) is 16.6 Å². The van der Waals surface area contributed by atoms with E-state index >= 15 is 0 Å². The number of aromatic amines is 1. The molecule has 1 heterocycles. The minimum absolute atomic E-state index is 0.286. The Morgan fingerprint density at radius 1 is 0.759 bits per heavy atom. The highest BCUT2D eigenvalue weighted by molar-refractivity contribution is 7.86. The summed E-state index contributed by atoms with van der Waals surface area (Å²) in [4.78, 5) is 14.8.